The molecule has 0 radical (unpaired) electrons. The first-order valence-electron chi connectivity index (χ1n) is 4.11. The molecule has 70 valence electrons. The van der Waals surface area contributed by atoms with Crippen LogP contribution in [0.25, 0.3) is 0 Å². The molecule has 1 amide bonds. The van der Waals surface area contributed by atoms with Gasteiger partial charge in [0.25, 0.3) is 5.91 Å². The van der Waals surface area contributed by atoms with Crippen molar-refractivity contribution in [2.75, 3.05) is 5.32 Å². The van der Waals surface area contributed by atoms with E-state index in [1.165, 1.54) is 0 Å². The molecule has 0 atom stereocenters. The molecule has 0 unspecified atom stereocenters. The van der Waals surface area contributed by atoms with Gasteiger partial charge in [0.05, 0.1) is 17.4 Å². The van der Waals surface area contributed by atoms with Gasteiger partial charge >= 0.3 is 0 Å². The van der Waals surface area contributed by atoms with E-state index in [1.807, 2.05) is 13.8 Å². The minimum atomic E-state index is -0.439. The molecular weight excluding hydrogens is 166 g/mol. The van der Waals surface area contributed by atoms with Crippen molar-refractivity contribution in [2.45, 2.75) is 19.9 Å². The average Bonchev–Trinajstić information content (AvgIpc) is 2.03. The fourth-order valence-corrected chi connectivity index (χ4v) is 1.04. The van der Waals surface area contributed by atoms with Crippen molar-refractivity contribution in [2.24, 2.45) is 5.73 Å². The highest BCUT2D eigenvalue weighted by atomic mass is 16.1. The third-order valence-corrected chi connectivity index (χ3v) is 1.53. The normalized spacial score (nSPS) is 10.1. The van der Waals surface area contributed by atoms with Crippen LogP contribution in [-0.4, -0.2) is 16.9 Å². The average molecular weight is 179 g/mol. The lowest BCUT2D eigenvalue weighted by molar-refractivity contribution is 0.100. The summed E-state index contributed by atoms with van der Waals surface area (Å²) < 4.78 is 0. The minimum Gasteiger partial charge on any atom is -0.381 e. The maximum Gasteiger partial charge on any atom is 0.250 e. The first-order chi connectivity index (χ1) is 6.11. The van der Waals surface area contributed by atoms with E-state index in [4.69, 9.17) is 5.73 Å². The van der Waals surface area contributed by atoms with Crippen LogP contribution in [0.3, 0.4) is 0 Å². The molecular formula is C9H13N3O. The number of carbonyl (C=O) groups excluding carboxylic acids is 1. The molecule has 13 heavy (non-hydrogen) atoms. The fraction of sp³-hybridized carbons (Fsp3) is 0.333. The van der Waals surface area contributed by atoms with Crippen molar-refractivity contribution in [3.63, 3.8) is 0 Å². The zero-order valence-electron chi connectivity index (χ0n) is 7.74. The van der Waals surface area contributed by atoms with Crippen molar-refractivity contribution in [1.29, 1.82) is 0 Å². The second-order valence-corrected chi connectivity index (χ2v) is 3.08. The Balaban J connectivity index is 2.98. The number of nitrogens with one attached hydrogen (secondary N) is 1. The molecule has 0 fully saturated rings. The van der Waals surface area contributed by atoms with Crippen LogP contribution in [-0.2, 0) is 0 Å². The van der Waals surface area contributed by atoms with Crippen LogP contribution in [0, 0.1) is 0 Å². The molecule has 0 aliphatic rings. The lowest BCUT2D eigenvalue weighted by atomic mass is 10.2. The number of aromatic nitrogens is 1. The topological polar surface area (TPSA) is 68.0 Å². The van der Waals surface area contributed by atoms with Crippen LogP contribution in [0.5, 0.6) is 0 Å². The van der Waals surface area contributed by atoms with Gasteiger partial charge < -0.3 is 11.1 Å². The van der Waals surface area contributed by atoms with Crippen molar-refractivity contribution in [3.8, 4) is 0 Å². The first kappa shape index (κ1) is 9.51. The van der Waals surface area contributed by atoms with E-state index in [1.54, 1.807) is 18.5 Å². The first-order valence-corrected chi connectivity index (χ1v) is 4.11. The van der Waals surface area contributed by atoms with E-state index >= 15 is 0 Å². The van der Waals surface area contributed by atoms with Crippen molar-refractivity contribution in [1.82, 2.24) is 4.98 Å². The molecule has 0 saturated carbocycles. The van der Waals surface area contributed by atoms with Crippen LogP contribution in [0.4, 0.5) is 5.69 Å². The number of amides is 1. The molecule has 1 heterocycles. The highest BCUT2D eigenvalue weighted by molar-refractivity contribution is 5.98. The van der Waals surface area contributed by atoms with Crippen molar-refractivity contribution < 1.29 is 4.79 Å². The van der Waals surface area contributed by atoms with Gasteiger partial charge in [-0.25, -0.2) is 0 Å². The number of hydrogen-bond donors (Lipinski definition) is 2. The molecule has 3 N–H and O–H groups in total. The SMILES string of the molecule is CC(C)Nc1cnccc1C(N)=O. The highest BCUT2D eigenvalue weighted by Crippen LogP contribution is 2.13. The van der Waals surface area contributed by atoms with Crippen LogP contribution < -0.4 is 11.1 Å². The van der Waals surface area contributed by atoms with Gasteiger partial charge in [0.2, 0.25) is 0 Å². The van der Waals surface area contributed by atoms with Crippen molar-refractivity contribution in [3.05, 3.63) is 24.0 Å². The Hall–Kier alpha value is -1.58. The third kappa shape index (κ3) is 2.43. The zero-order valence-corrected chi connectivity index (χ0v) is 7.74. The molecule has 1 aromatic rings. The number of pyridine rings is 1. The Morgan fingerprint density at radius 1 is 1.62 bits per heavy atom. The van der Waals surface area contributed by atoms with E-state index < -0.39 is 5.91 Å². The summed E-state index contributed by atoms with van der Waals surface area (Å²) in [4.78, 5) is 14.9. The van der Waals surface area contributed by atoms with Crippen LogP contribution >= 0.6 is 0 Å². The van der Waals surface area contributed by atoms with Crippen LogP contribution in [0.2, 0.25) is 0 Å². The number of primary amides is 1. The van der Waals surface area contributed by atoms with Gasteiger partial charge in [-0.3, -0.25) is 9.78 Å². The number of nitrogens with two attached hydrogens (primary N) is 1. The summed E-state index contributed by atoms with van der Waals surface area (Å²) in [5.74, 6) is -0.439. The van der Waals surface area contributed by atoms with Gasteiger partial charge in [-0.05, 0) is 19.9 Å². The smallest absolute Gasteiger partial charge is 0.250 e. The highest BCUT2D eigenvalue weighted by Gasteiger charge is 2.07. The summed E-state index contributed by atoms with van der Waals surface area (Å²) in [6.45, 7) is 3.97. The second-order valence-electron chi connectivity index (χ2n) is 3.08. The maximum atomic E-state index is 11.0. The molecule has 0 bridgehead atoms. The van der Waals surface area contributed by atoms with Crippen molar-refractivity contribution >= 4 is 11.6 Å². The lowest BCUT2D eigenvalue weighted by Crippen LogP contribution is -2.17. The third-order valence-electron chi connectivity index (χ3n) is 1.53. The Labute approximate surface area is 77.2 Å². The molecule has 0 saturated heterocycles. The maximum absolute atomic E-state index is 11.0. The summed E-state index contributed by atoms with van der Waals surface area (Å²) in [6.07, 6.45) is 3.14. The summed E-state index contributed by atoms with van der Waals surface area (Å²) >= 11 is 0. The predicted molar refractivity (Wildman–Crippen MR) is 51.5 cm³/mol. The number of hydrogen-bond acceptors (Lipinski definition) is 3. The fourth-order valence-electron chi connectivity index (χ4n) is 1.04. The predicted octanol–water partition coefficient (Wildman–Crippen LogP) is 1.00. The molecule has 4 nitrogen and oxygen atoms in total. The molecule has 0 aliphatic carbocycles. The number of anilines is 1. The van der Waals surface area contributed by atoms with Gasteiger partial charge in [-0.1, -0.05) is 0 Å². The lowest BCUT2D eigenvalue weighted by Gasteiger charge is -2.11. The monoisotopic (exact) mass is 179 g/mol. The van der Waals surface area contributed by atoms with E-state index in [0.29, 0.717) is 11.3 Å². The van der Waals surface area contributed by atoms with E-state index in [-0.39, 0.29) is 6.04 Å². The summed E-state index contributed by atoms with van der Waals surface area (Å²) in [6, 6.07) is 1.86. The van der Waals surface area contributed by atoms with E-state index in [9.17, 15) is 4.79 Å². The Morgan fingerprint density at radius 3 is 2.85 bits per heavy atom. The summed E-state index contributed by atoms with van der Waals surface area (Å²) in [5.41, 5.74) is 6.34. The minimum absolute atomic E-state index is 0.252. The Kier molecular flexibility index (Phi) is 2.84. The number of carbonyl (C=O) groups is 1. The largest absolute Gasteiger partial charge is 0.381 e. The van der Waals surface area contributed by atoms with E-state index in [0.717, 1.165) is 0 Å². The van der Waals surface area contributed by atoms with Gasteiger partial charge in [-0.2, -0.15) is 0 Å². The van der Waals surface area contributed by atoms with Gasteiger partial charge in [0.1, 0.15) is 0 Å². The molecule has 0 spiro atoms. The Bertz CT molecular complexity index is 309. The molecule has 0 aliphatic heterocycles. The standard InChI is InChI=1S/C9H13N3O/c1-6(2)12-8-5-11-4-3-7(8)9(10)13/h3-6,12H,1-2H3,(H2,10,13). The molecule has 1 aromatic heterocycles. The summed E-state index contributed by atoms with van der Waals surface area (Å²) in [5, 5.41) is 3.09. The summed E-state index contributed by atoms with van der Waals surface area (Å²) in [7, 11) is 0. The van der Waals surface area contributed by atoms with Gasteiger partial charge in [-0.15, -0.1) is 0 Å². The second kappa shape index (κ2) is 3.89. The van der Waals surface area contributed by atoms with Gasteiger partial charge in [0.15, 0.2) is 0 Å². The number of nitrogens with zero attached hydrogens (tertiary/aromatic N) is 1. The van der Waals surface area contributed by atoms with E-state index in [2.05, 4.69) is 10.3 Å². The van der Waals surface area contributed by atoms with Crippen LogP contribution in [0.15, 0.2) is 18.5 Å². The van der Waals surface area contributed by atoms with Gasteiger partial charge in [0, 0.05) is 12.2 Å². The molecule has 1 rings (SSSR count). The molecule has 4 heteroatoms. The Morgan fingerprint density at radius 2 is 2.31 bits per heavy atom. The zero-order chi connectivity index (χ0) is 9.84. The molecule has 0 aromatic carbocycles. The van der Waals surface area contributed by atoms with Crippen LogP contribution in [0.1, 0.15) is 24.2 Å². The quantitative estimate of drug-likeness (QED) is 0.727. The number of rotatable bonds is 3.